The molecule has 0 fully saturated rings. The van der Waals surface area contributed by atoms with Crippen LogP contribution in [0.25, 0.3) is 20.9 Å². The Hall–Kier alpha value is -2.99. The van der Waals surface area contributed by atoms with Crippen LogP contribution >= 0.6 is 11.3 Å². The summed E-state index contributed by atoms with van der Waals surface area (Å²) in [5.41, 5.74) is 8.98. The van der Waals surface area contributed by atoms with E-state index in [-0.39, 0.29) is 11.7 Å². The molecule has 118 valence electrons. The lowest BCUT2D eigenvalue weighted by Crippen LogP contribution is -2.12. The number of aromatic nitrogens is 1. The van der Waals surface area contributed by atoms with Gasteiger partial charge in [0.15, 0.2) is 0 Å². The molecule has 0 radical (unpaired) electrons. The number of thiophene rings is 1. The van der Waals surface area contributed by atoms with E-state index in [9.17, 15) is 9.59 Å². The first kappa shape index (κ1) is 14.6. The smallest absolute Gasteiger partial charge is 0.338 e. The van der Waals surface area contributed by atoms with E-state index in [1.54, 1.807) is 23.6 Å². The molecule has 24 heavy (non-hydrogen) atoms. The molecule has 6 heteroatoms. The van der Waals surface area contributed by atoms with E-state index in [0.29, 0.717) is 12.2 Å². The molecule has 2 aromatic heterocycles. The summed E-state index contributed by atoms with van der Waals surface area (Å²) in [6.45, 7) is 0.332. The third kappa shape index (κ3) is 2.47. The molecule has 0 saturated carbocycles. The van der Waals surface area contributed by atoms with Crippen molar-refractivity contribution < 1.29 is 14.3 Å². The lowest BCUT2D eigenvalue weighted by molar-refractivity contribution is 0.0535. The summed E-state index contributed by atoms with van der Waals surface area (Å²) in [7, 11) is 0. The Morgan fingerprint density at radius 1 is 1.08 bits per heavy atom. The number of nitrogens with two attached hydrogens (primary N) is 1. The molecule has 1 aliphatic heterocycles. The van der Waals surface area contributed by atoms with Gasteiger partial charge in [0.1, 0.15) is 12.3 Å². The van der Waals surface area contributed by atoms with Gasteiger partial charge in [-0.15, -0.1) is 11.3 Å². The third-order valence-electron chi connectivity index (χ3n) is 3.87. The van der Waals surface area contributed by atoms with Crippen LogP contribution in [0.15, 0.2) is 48.7 Å². The lowest BCUT2D eigenvalue weighted by Gasteiger charge is -2.01. The first-order chi connectivity index (χ1) is 11.6. The molecule has 4 rings (SSSR count). The quantitative estimate of drug-likeness (QED) is 0.744. The molecule has 0 atom stereocenters. The lowest BCUT2D eigenvalue weighted by atomic mass is 10.1. The minimum absolute atomic E-state index is 0.249. The van der Waals surface area contributed by atoms with Gasteiger partial charge in [0.2, 0.25) is 0 Å². The predicted molar refractivity (Wildman–Crippen MR) is 90.6 cm³/mol. The highest BCUT2D eigenvalue weighted by Gasteiger charge is 2.21. The summed E-state index contributed by atoms with van der Waals surface area (Å²) in [5.74, 6) is -0.799. The molecule has 3 aromatic rings. The number of cyclic esters (lactones) is 1. The average Bonchev–Trinajstić information content (AvgIpc) is 3.22. The third-order valence-corrected chi connectivity index (χ3v) is 5.06. The van der Waals surface area contributed by atoms with E-state index in [1.807, 2.05) is 36.4 Å². The van der Waals surface area contributed by atoms with Crippen molar-refractivity contribution in [2.45, 2.75) is 6.61 Å². The fourth-order valence-corrected chi connectivity index (χ4v) is 3.61. The van der Waals surface area contributed by atoms with Crippen LogP contribution in [0.3, 0.4) is 0 Å². The number of primary amides is 1. The molecular formula is C18H12N2O3S. The van der Waals surface area contributed by atoms with E-state index in [2.05, 4.69) is 4.98 Å². The fraction of sp³-hybridized carbons (Fsp3) is 0.0556. The highest BCUT2D eigenvalue weighted by Crippen LogP contribution is 2.35. The van der Waals surface area contributed by atoms with Crippen molar-refractivity contribution in [2.75, 3.05) is 0 Å². The normalized spacial score (nSPS) is 12.8. The maximum absolute atomic E-state index is 11.5. The van der Waals surface area contributed by atoms with Gasteiger partial charge in [0.05, 0.1) is 5.56 Å². The molecule has 1 aliphatic rings. The second-order valence-electron chi connectivity index (χ2n) is 5.41. The van der Waals surface area contributed by atoms with Crippen LogP contribution in [0.1, 0.15) is 26.4 Å². The number of hydrogen-bond acceptors (Lipinski definition) is 5. The monoisotopic (exact) mass is 336 g/mol. The van der Waals surface area contributed by atoms with E-state index in [1.165, 1.54) is 0 Å². The van der Waals surface area contributed by atoms with Crippen molar-refractivity contribution in [3.63, 3.8) is 0 Å². The number of pyridine rings is 1. The summed E-state index contributed by atoms with van der Waals surface area (Å²) in [5, 5.41) is 0. The molecule has 0 aliphatic carbocycles. The molecule has 2 N–H and O–H groups in total. The fourth-order valence-electron chi connectivity index (χ4n) is 2.62. The zero-order chi connectivity index (χ0) is 16.7. The summed E-state index contributed by atoms with van der Waals surface area (Å²) < 4.78 is 5.04. The van der Waals surface area contributed by atoms with Gasteiger partial charge in [0, 0.05) is 27.1 Å². The number of benzene rings is 1. The Kier molecular flexibility index (Phi) is 3.39. The van der Waals surface area contributed by atoms with Gasteiger partial charge in [-0.05, 0) is 42.0 Å². The predicted octanol–water partition coefficient (Wildman–Crippen LogP) is 3.25. The first-order valence-corrected chi connectivity index (χ1v) is 8.10. The molecule has 0 saturated heterocycles. The van der Waals surface area contributed by atoms with Crippen LogP contribution in [0.2, 0.25) is 0 Å². The second-order valence-corrected chi connectivity index (χ2v) is 6.49. The van der Waals surface area contributed by atoms with Crippen molar-refractivity contribution in [1.82, 2.24) is 4.98 Å². The SMILES string of the molecule is NC(=O)c1ccc(-c2ccc(-c3ccc4c(c3)COC4=O)s2)cn1. The number of ether oxygens (including phenoxy) is 1. The topological polar surface area (TPSA) is 82.3 Å². The number of hydrogen-bond donors (Lipinski definition) is 1. The Balaban J connectivity index is 1.65. The van der Waals surface area contributed by atoms with E-state index in [0.717, 1.165) is 26.4 Å². The highest BCUT2D eigenvalue weighted by molar-refractivity contribution is 7.18. The maximum Gasteiger partial charge on any atom is 0.338 e. The molecule has 0 spiro atoms. The Morgan fingerprint density at radius 2 is 1.83 bits per heavy atom. The standard InChI is InChI=1S/C18H12N2O3S/c19-17(21)14-4-2-11(8-20-14)16-6-5-15(24-16)10-1-3-13-12(7-10)9-23-18(13)22/h1-8H,9H2,(H2,19,21). The number of rotatable bonds is 3. The second kappa shape index (κ2) is 5.58. The molecule has 1 amide bonds. The van der Waals surface area contributed by atoms with Gasteiger partial charge in [-0.3, -0.25) is 9.78 Å². The number of carbonyl (C=O) groups is 2. The number of esters is 1. The Morgan fingerprint density at radius 3 is 2.54 bits per heavy atom. The number of nitrogens with zero attached hydrogens (tertiary/aromatic N) is 1. The van der Waals surface area contributed by atoms with Gasteiger partial charge in [0.25, 0.3) is 5.91 Å². The van der Waals surface area contributed by atoms with Crippen molar-refractivity contribution in [3.05, 3.63) is 65.5 Å². The number of fused-ring (bicyclic) bond motifs is 1. The summed E-state index contributed by atoms with van der Waals surface area (Å²) in [6.07, 6.45) is 1.64. The highest BCUT2D eigenvalue weighted by atomic mass is 32.1. The van der Waals surface area contributed by atoms with E-state index < -0.39 is 5.91 Å². The van der Waals surface area contributed by atoms with Gasteiger partial charge in [-0.1, -0.05) is 6.07 Å². The van der Waals surface area contributed by atoms with Crippen molar-refractivity contribution in [2.24, 2.45) is 5.73 Å². The first-order valence-electron chi connectivity index (χ1n) is 7.28. The number of carbonyl (C=O) groups excluding carboxylic acids is 2. The Bertz CT molecular complexity index is 961. The van der Waals surface area contributed by atoms with Crippen molar-refractivity contribution >= 4 is 23.2 Å². The zero-order valence-corrected chi connectivity index (χ0v) is 13.3. The van der Waals surface area contributed by atoms with Gasteiger partial charge in [-0.2, -0.15) is 0 Å². The van der Waals surface area contributed by atoms with E-state index >= 15 is 0 Å². The molecule has 3 heterocycles. The van der Waals surface area contributed by atoms with Crippen molar-refractivity contribution in [1.29, 1.82) is 0 Å². The number of amides is 1. The molecule has 1 aromatic carbocycles. The minimum Gasteiger partial charge on any atom is -0.457 e. The van der Waals surface area contributed by atoms with E-state index in [4.69, 9.17) is 10.5 Å². The van der Waals surface area contributed by atoms with Crippen LogP contribution in [0.5, 0.6) is 0 Å². The molecule has 0 unspecified atom stereocenters. The minimum atomic E-state index is -0.539. The van der Waals surface area contributed by atoms with Crippen LogP contribution in [-0.4, -0.2) is 16.9 Å². The zero-order valence-electron chi connectivity index (χ0n) is 12.5. The Labute approximate surface area is 141 Å². The van der Waals surface area contributed by atoms with Gasteiger partial charge < -0.3 is 10.5 Å². The largest absolute Gasteiger partial charge is 0.457 e. The molecule has 0 bridgehead atoms. The maximum atomic E-state index is 11.5. The van der Waals surface area contributed by atoms with Crippen LogP contribution in [-0.2, 0) is 11.3 Å². The summed E-state index contributed by atoms with van der Waals surface area (Å²) in [6, 6.07) is 13.2. The van der Waals surface area contributed by atoms with Gasteiger partial charge in [-0.25, -0.2) is 4.79 Å². The van der Waals surface area contributed by atoms with Crippen LogP contribution in [0, 0.1) is 0 Å². The summed E-state index contributed by atoms with van der Waals surface area (Å²) in [4.78, 5) is 28.8. The summed E-state index contributed by atoms with van der Waals surface area (Å²) >= 11 is 1.62. The average molecular weight is 336 g/mol. The van der Waals surface area contributed by atoms with Crippen molar-refractivity contribution in [3.8, 4) is 20.9 Å². The molecular weight excluding hydrogens is 324 g/mol. The van der Waals surface area contributed by atoms with Crippen LogP contribution in [0.4, 0.5) is 0 Å². The van der Waals surface area contributed by atoms with Crippen LogP contribution < -0.4 is 5.73 Å². The molecule has 5 nitrogen and oxygen atoms in total. The van der Waals surface area contributed by atoms with Gasteiger partial charge >= 0.3 is 5.97 Å².